The molecule has 2 saturated heterocycles. The molecule has 14 heavy (non-hydrogen) atoms. The van der Waals surface area contributed by atoms with E-state index in [0.29, 0.717) is 6.54 Å². The number of carbonyl (C=O) groups excluding carboxylic acids is 2. The van der Waals surface area contributed by atoms with Crippen molar-refractivity contribution in [2.45, 2.75) is 19.1 Å². The van der Waals surface area contributed by atoms with Crippen molar-refractivity contribution < 1.29 is 14.3 Å². The number of rotatable bonds is 1. The Morgan fingerprint density at radius 2 is 1.71 bits per heavy atom. The van der Waals surface area contributed by atoms with Crippen molar-refractivity contribution in [3.05, 3.63) is 12.2 Å². The molecule has 0 unspecified atom stereocenters. The number of amides is 2. The zero-order valence-electron chi connectivity index (χ0n) is 7.84. The van der Waals surface area contributed by atoms with Gasteiger partial charge in [0.05, 0.1) is 24.0 Å². The molecule has 4 nitrogen and oxygen atoms in total. The van der Waals surface area contributed by atoms with Gasteiger partial charge in [-0.25, -0.2) is 0 Å². The Morgan fingerprint density at radius 1 is 1.21 bits per heavy atom. The van der Waals surface area contributed by atoms with Gasteiger partial charge < -0.3 is 4.74 Å². The van der Waals surface area contributed by atoms with Crippen LogP contribution in [0.4, 0.5) is 0 Å². The lowest BCUT2D eigenvalue weighted by Crippen LogP contribution is -2.34. The molecule has 0 aliphatic carbocycles. The summed E-state index contributed by atoms with van der Waals surface area (Å²) in [5.41, 5.74) is 0. The van der Waals surface area contributed by atoms with E-state index in [1.54, 1.807) is 0 Å². The highest BCUT2D eigenvalue weighted by atomic mass is 16.5. The minimum absolute atomic E-state index is 0.0562. The third-order valence-corrected chi connectivity index (χ3v) is 3.32. The average molecular weight is 193 g/mol. The van der Waals surface area contributed by atoms with Crippen LogP contribution in [0.3, 0.4) is 0 Å². The van der Waals surface area contributed by atoms with E-state index < -0.39 is 0 Å². The second-order valence-corrected chi connectivity index (χ2v) is 3.92. The minimum Gasteiger partial charge on any atom is -0.365 e. The molecule has 2 bridgehead atoms. The molecule has 0 N–H and O–H groups in total. The number of likely N-dealkylation sites (tertiary alicyclic amines) is 1. The van der Waals surface area contributed by atoms with Gasteiger partial charge in [-0.15, -0.1) is 0 Å². The standard InChI is InChI=1S/C10H11NO3/c1-2-11-9(12)7-5-3-4-6(14-5)8(7)10(11)13/h3-8H,2H2,1H3/t5-,6-,7-,8-/m1/s1. The third kappa shape index (κ3) is 0.733. The summed E-state index contributed by atoms with van der Waals surface area (Å²) in [6.45, 7) is 2.30. The summed E-state index contributed by atoms with van der Waals surface area (Å²) in [6.07, 6.45) is 3.49. The summed E-state index contributed by atoms with van der Waals surface area (Å²) in [7, 11) is 0. The predicted molar refractivity (Wildman–Crippen MR) is 47.2 cm³/mol. The van der Waals surface area contributed by atoms with Crippen LogP contribution in [0.25, 0.3) is 0 Å². The lowest BCUT2D eigenvalue weighted by Gasteiger charge is -2.14. The molecule has 0 aromatic carbocycles. The summed E-state index contributed by atoms with van der Waals surface area (Å²) >= 11 is 0. The summed E-state index contributed by atoms with van der Waals surface area (Å²) in [5.74, 6) is -0.589. The number of fused-ring (bicyclic) bond motifs is 5. The average Bonchev–Trinajstić information content (AvgIpc) is 2.80. The molecule has 0 spiro atoms. The number of hydrogen-bond acceptors (Lipinski definition) is 3. The largest absolute Gasteiger partial charge is 0.365 e. The van der Waals surface area contributed by atoms with Crippen LogP contribution < -0.4 is 0 Å². The third-order valence-electron chi connectivity index (χ3n) is 3.32. The first-order chi connectivity index (χ1) is 6.74. The maximum atomic E-state index is 11.8. The van der Waals surface area contributed by atoms with Crippen LogP contribution in [-0.2, 0) is 14.3 Å². The fourth-order valence-electron chi connectivity index (χ4n) is 2.68. The molecule has 2 fully saturated rings. The molecule has 0 radical (unpaired) electrons. The van der Waals surface area contributed by atoms with E-state index in [-0.39, 0.29) is 35.9 Å². The number of ether oxygens (including phenoxy) is 1. The molecule has 4 atom stereocenters. The lowest BCUT2D eigenvalue weighted by molar-refractivity contribution is -0.142. The van der Waals surface area contributed by atoms with Gasteiger partial charge in [0, 0.05) is 6.54 Å². The van der Waals surface area contributed by atoms with Crippen molar-refractivity contribution >= 4 is 11.8 Å². The van der Waals surface area contributed by atoms with Crippen LogP contribution in [0, 0.1) is 11.8 Å². The molecular formula is C10H11NO3. The molecular weight excluding hydrogens is 182 g/mol. The first-order valence-electron chi connectivity index (χ1n) is 4.93. The van der Waals surface area contributed by atoms with E-state index in [9.17, 15) is 9.59 Å². The van der Waals surface area contributed by atoms with E-state index in [0.717, 1.165) is 0 Å². The van der Waals surface area contributed by atoms with E-state index in [2.05, 4.69) is 0 Å². The van der Waals surface area contributed by atoms with Crippen molar-refractivity contribution in [3.63, 3.8) is 0 Å². The molecule has 3 aliphatic rings. The van der Waals surface area contributed by atoms with Crippen LogP contribution in [0.2, 0.25) is 0 Å². The van der Waals surface area contributed by atoms with E-state index >= 15 is 0 Å². The van der Waals surface area contributed by atoms with Crippen LogP contribution in [0.15, 0.2) is 12.2 Å². The van der Waals surface area contributed by atoms with Gasteiger partial charge in [-0.2, -0.15) is 0 Å². The Kier molecular flexibility index (Phi) is 1.43. The Hall–Kier alpha value is -1.16. The number of nitrogens with zero attached hydrogens (tertiary/aromatic N) is 1. The van der Waals surface area contributed by atoms with Crippen molar-refractivity contribution in [1.29, 1.82) is 0 Å². The monoisotopic (exact) mass is 193 g/mol. The van der Waals surface area contributed by atoms with E-state index in [1.165, 1.54) is 4.90 Å². The zero-order chi connectivity index (χ0) is 9.87. The molecule has 0 aromatic rings. The summed E-state index contributed by atoms with van der Waals surface area (Å²) < 4.78 is 5.49. The normalized spacial score (nSPS) is 43.9. The SMILES string of the molecule is CCN1C(=O)[C@H]2[C@H](C1=O)[C@H]1C=C[C@H]2O1. The highest BCUT2D eigenvalue weighted by Gasteiger charge is 2.60. The molecule has 0 aromatic heterocycles. The van der Waals surface area contributed by atoms with Gasteiger partial charge in [-0.1, -0.05) is 12.2 Å². The van der Waals surface area contributed by atoms with Crippen LogP contribution in [-0.4, -0.2) is 35.5 Å². The van der Waals surface area contributed by atoms with Crippen molar-refractivity contribution in [3.8, 4) is 0 Å². The highest BCUT2D eigenvalue weighted by molar-refractivity contribution is 6.06. The predicted octanol–water partition coefficient (Wildman–Crippen LogP) is -0.0553. The van der Waals surface area contributed by atoms with Gasteiger partial charge in [-0.3, -0.25) is 14.5 Å². The maximum Gasteiger partial charge on any atom is 0.236 e. The minimum atomic E-state index is -0.238. The topological polar surface area (TPSA) is 46.6 Å². The van der Waals surface area contributed by atoms with Crippen molar-refractivity contribution in [1.82, 2.24) is 4.90 Å². The summed E-state index contributed by atoms with van der Waals surface area (Å²) in [4.78, 5) is 25.0. The Balaban J connectivity index is 2.02. The fourth-order valence-corrected chi connectivity index (χ4v) is 2.68. The van der Waals surface area contributed by atoms with Gasteiger partial charge >= 0.3 is 0 Å². The molecule has 74 valence electrons. The van der Waals surface area contributed by atoms with Crippen LogP contribution in [0.5, 0.6) is 0 Å². The maximum absolute atomic E-state index is 11.8. The van der Waals surface area contributed by atoms with Gasteiger partial charge in [0.15, 0.2) is 0 Å². The first-order valence-corrected chi connectivity index (χ1v) is 4.93. The number of imide groups is 1. The van der Waals surface area contributed by atoms with E-state index in [1.807, 2.05) is 19.1 Å². The van der Waals surface area contributed by atoms with Crippen LogP contribution in [0.1, 0.15) is 6.92 Å². The molecule has 4 heteroatoms. The van der Waals surface area contributed by atoms with Gasteiger partial charge in [0.25, 0.3) is 0 Å². The first kappa shape index (κ1) is 8.17. The van der Waals surface area contributed by atoms with Gasteiger partial charge in [0.1, 0.15) is 0 Å². The molecule has 2 amide bonds. The molecule has 3 heterocycles. The second kappa shape index (κ2) is 2.45. The smallest absolute Gasteiger partial charge is 0.236 e. The van der Waals surface area contributed by atoms with Crippen molar-refractivity contribution in [2.75, 3.05) is 6.54 Å². The summed E-state index contributed by atoms with van der Waals surface area (Å²) in [5, 5.41) is 0. The Morgan fingerprint density at radius 3 is 2.14 bits per heavy atom. The zero-order valence-corrected chi connectivity index (χ0v) is 7.84. The second-order valence-electron chi connectivity index (χ2n) is 3.92. The molecule has 3 aliphatic heterocycles. The lowest BCUT2D eigenvalue weighted by atomic mass is 9.85. The van der Waals surface area contributed by atoms with Crippen molar-refractivity contribution in [2.24, 2.45) is 11.8 Å². The quantitative estimate of drug-likeness (QED) is 0.433. The Bertz CT molecular complexity index is 319. The number of hydrogen-bond donors (Lipinski definition) is 0. The molecule has 0 saturated carbocycles. The van der Waals surface area contributed by atoms with Gasteiger partial charge in [-0.05, 0) is 6.92 Å². The number of carbonyl (C=O) groups is 2. The van der Waals surface area contributed by atoms with Crippen LogP contribution >= 0.6 is 0 Å². The molecule has 3 rings (SSSR count). The summed E-state index contributed by atoms with van der Waals surface area (Å²) in [6, 6.07) is 0. The highest BCUT2D eigenvalue weighted by Crippen LogP contribution is 2.44. The Labute approximate surface area is 81.5 Å². The van der Waals surface area contributed by atoms with E-state index in [4.69, 9.17) is 4.74 Å². The fraction of sp³-hybridized carbons (Fsp3) is 0.600. The van der Waals surface area contributed by atoms with Gasteiger partial charge in [0.2, 0.25) is 11.8 Å².